The molecule has 0 aliphatic rings. The summed E-state index contributed by atoms with van der Waals surface area (Å²) < 4.78 is 5.71. The number of ether oxygens (including phenoxy) is 1. The van der Waals surface area contributed by atoms with Gasteiger partial charge in [-0.25, -0.2) is 9.97 Å². The van der Waals surface area contributed by atoms with Crippen molar-refractivity contribution in [3.05, 3.63) is 42.2 Å². The molecule has 2 N–H and O–H groups in total. The summed E-state index contributed by atoms with van der Waals surface area (Å²) in [6.45, 7) is 8.81. The average Bonchev–Trinajstić information content (AvgIpc) is 2.54. The molecule has 2 rings (SSSR count). The zero-order chi connectivity index (χ0) is 17.5. The van der Waals surface area contributed by atoms with Gasteiger partial charge in [0.25, 0.3) is 5.91 Å². The van der Waals surface area contributed by atoms with Gasteiger partial charge in [-0.05, 0) is 38.0 Å². The maximum Gasteiger partial charge on any atom is 0.274 e. The fourth-order valence-corrected chi connectivity index (χ4v) is 1.98. The predicted octanol–water partition coefficient (Wildman–Crippen LogP) is 3.58. The summed E-state index contributed by atoms with van der Waals surface area (Å²) in [5, 5.41) is 5.96. The van der Waals surface area contributed by atoms with Gasteiger partial charge in [0.05, 0.1) is 11.8 Å². The number of carbonyl (C=O) groups is 1. The van der Waals surface area contributed by atoms with Gasteiger partial charge in [-0.15, -0.1) is 0 Å². The number of rotatable bonds is 7. The van der Waals surface area contributed by atoms with Gasteiger partial charge >= 0.3 is 0 Å². The molecule has 1 aromatic carbocycles. The Hall–Kier alpha value is -2.63. The molecular weight excluding hydrogens is 304 g/mol. The highest BCUT2D eigenvalue weighted by Crippen LogP contribution is 2.25. The van der Waals surface area contributed by atoms with Crippen LogP contribution in [0.1, 0.15) is 38.2 Å². The van der Waals surface area contributed by atoms with Gasteiger partial charge in [0, 0.05) is 12.7 Å². The lowest BCUT2D eigenvalue weighted by Gasteiger charge is -2.14. The monoisotopic (exact) mass is 328 g/mol. The van der Waals surface area contributed by atoms with E-state index >= 15 is 0 Å². The summed E-state index contributed by atoms with van der Waals surface area (Å²) in [5.41, 5.74) is 0.919. The van der Waals surface area contributed by atoms with Crippen molar-refractivity contribution in [1.82, 2.24) is 9.97 Å². The van der Waals surface area contributed by atoms with Crippen LogP contribution in [0, 0.1) is 5.92 Å². The number of hydrogen-bond donors (Lipinski definition) is 2. The maximum atomic E-state index is 12.5. The smallest absolute Gasteiger partial charge is 0.274 e. The van der Waals surface area contributed by atoms with E-state index in [2.05, 4.69) is 34.4 Å². The van der Waals surface area contributed by atoms with Crippen molar-refractivity contribution in [2.75, 3.05) is 17.2 Å². The van der Waals surface area contributed by atoms with E-state index in [9.17, 15) is 4.79 Å². The van der Waals surface area contributed by atoms with Crippen molar-refractivity contribution in [3.8, 4) is 5.75 Å². The largest absolute Gasteiger partial charge is 0.489 e. The van der Waals surface area contributed by atoms with Crippen LogP contribution in [0.3, 0.4) is 0 Å². The summed E-state index contributed by atoms with van der Waals surface area (Å²) >= 11 is 0. The van der Waals surface area contributed by atoms with Crippen molar-refractivity contribution >= 4 is 17.5 Å². The molecule has 1 aromatic heterocycles. The molecular formula is C18H24N4O2. The van der Waals surface area contributed by atoms with E-state index in [1.165, 1.54) is 0 Å². The van der Waals surface area contributed by atoms with E-state index in [0.717, 1.165) is 6.54 Å². The molecule has 0 saturated carbocycles. The van der Waals surface area contributed by atoms with E-state index in [0.29, 0.717) is 29.0 Å². The lowest BCUT2D eigenvalue weighted by molar-refractivity contribution is 0.102. The van der Waals surface area contributed by atoms with Crippen molar-refractivity contribution in [2.45, 2.75) is 33.8 Å². The van der Waals surface area contributed by atoms with Crippen LogP contribution >= 0.6 is 0 Å². The average molecular weight is 328 g/mol. The van der Waals surface area contributed by atoms with Crippen LogP contribution in [0.15, 0.2) is 36.5 Å². The first-order valence-electron chi connectivity index (χ1n) is 8.09. The van der Waals surface area contributed by atoms with Crippen molar-refractivity contribution in [3.63, 3.8) is 0 Å². The number of anilines is 2. The molecule has 0 atom stereocenters. The van der Waals surface area contributed by atoms with E-state index in [1.807, 2.05) is 32.0 Å². The van der Waals surface area contributed by atoms with Crippen LogP contribution in [0.25, 0.3) is 0 Å². The van der Waals surface area contributed by atoms with E-state index in [1.54, 1.807) is 18.3 Å². The molecule has 6 nitrogen and oxygen atoms in total. The number of carbonyl (C=O) groups excluding carboxylic acids is 1. The number of amides is 1. The van der Waals surface area contributed by atoms with Gasteiger partial charge in [0.2, 0.25) is 5.95 Å². The van der Waals surface area contributed by atoms with Crippen LogP contribution in [-0.4, -0.2) is 28.5 Å². The summed E-state index contributed by atoms with van der Waals surface area (Å²) in [7, 11) is 0. The van der Waals surface area contributed by atoms with Gasteiger partial charge in [-0.1, -0.05) is 26.0 Å². The van der Waals surface area contributed by atoms with Crippen molar-refractivity contribution in [1.29, 1.82) is 0 Å². The summed E-state index contributed by atoms with van der Waals surface area (Å²) in [6.07, 6.45) is 1.59. The number of para-hydroxylation sites is 2. The van der Waals surface area contributed by atoms with E-state index in [4.69, 9.17) is 4.74 Å². The first kappa shape index (κ1) is 17.7. The van der Waals surface area contributed by atoms with Gasteiger partial charge < -0.3 is 15.4 Å². The third-order valence-corrected chi connectivity index (χ3v) is 3.05. The molecule has 128 valence electrons. The Morgan fingerprint density at radius 2 is 1.92 bits per heavy atom. The first-order chi connectivity index (χ1) is 11.5. The Balaban J connectivity index is 2.11. The Morgan fingerprint density at radius 3 is 2.62 bits per heavy atom. The number of benzene rings is 1. The predicted molar refractivity (Wildman–Crippen MR) is 95.5 cm³/mol. The van der Waals surface area contributed by atoms with Crippen molar-refractivity contribution < 1.29 is 9.53 Å². The highest BCUT2D eigenvalue weighted by atomic mass is 16.5. The SMILES string of the molecule is CC(C)CNc1nccc(C(=O)Nc2ccccc2OC(C)C)n1. The molecule has 24 heavy (non-hydrogen) atoms. The van der Waals surface area contributed by atoms with Crippen molar-refractivity contribution in [2.24, 2.45) is 5.92 Å². The van der Waals surface area contributed by atoms with E-state index < -0.39 is 0 Å². The Kier molecular flexibility index (Phi) is 6.12. The number of nitrogens with one attached hydrogen (secondary N) is 2. The zero-order valence-electron chi connectivity index (χ0n) is 14.5. The molecule has 0 fully saturated rings. The molecule has 0 radical (unpaired) electrons. The Morgan fingerprint density at radius 1 is 1.17 bits per heavy atom. The van der Waals surface area contributed by atoms with Gasteiger partial charge in [0.1, 0.15) is 11.4 Å². The van der Waals surface area contributed by atoms with Gasteiger partial charge in [-0.3, -0.25) is 4.79 Å². The Bertz CT molecular complexity index is 686. The summed E-state index contributed by atoms with van der Waals surface area (Å²) in [4.78, 5) is 20.8. The minimum Gasteiger partial charge on any atom is -0.489 e. The number of nitrogens with zero attached hydrogens (tertiary/aromatic N) is 2. The number of hydrogen-bond acceptors (Lipinski definition) is 5. The molecule has 1 amide bonds. The van der Waals surface area contributed by atoms with E-state index in [-0.39, 0.29) is 12.0 Å². The van der Waals surface area contributed by atoms with Crippen LogP contribution in [0.2, 0.25) is 0 Å². The van der Waals surface area contributed by atoms with Gasteiger partial charge in [-0.2, -0.15) is 0 Å². The second-order valence-electron chi connectivity index (χ2n) is 6.16. The third kappa shape index (κ3) is 5.22. The second kappa shape index (κ2) is 8.29. The molecule has 1 heterocycles. The van der Waals surface area contributed by atoms with Gasteiger partial charge in [0.15, 0.2) is 0 Å². The molecule has 0 unspecified atom stereocenters. The molecule has 0 aliphatic heterocycles. The van der Waals surface area contributed by atoms with Crippen LogP contribution in [0.4, 0.5) is 11.6 Å². The number of aromatic nitrogens is 2. The zero-order valence-corrected chi connectivity index (χ0v) is 14.5. The third-order valence-electron chi connectivity index (χ3n) is 3.05. The minimum absolute atomic E-state index is 0.0222. The molecule has 6 heteroatoms. The lowest BCUT2D eigenvalue weighted by atomic mass is 10.2. The second-order valence-corrected chi connectivity index (χ2v) is 6.16. The molecule has 2 aromatic rings. The summed E-state index contributed by atoms with van der Waals surface area (Å²) in [5.74, 6) is 1.24. The van der Waals surface area contributed by atoms with Crippen LogP contribution < -0.4 is 15.4 Å². The minimum atomic E-state index is -0.301. The normalized spacial score (nSPS) is 10.8. The molecule has 0 bridgehead atoms. The quantitative estimate of drug-likeness (QED) is 0.812. The standard InChI is InChI=1S/C18H24N4O2/c1-12(2)11-20-18-19-10-9-15(22-18)17(23)21-14-7-5-6-8-16(14)24-13(3)4/h5-10,12-13H,11H2,1-4H3,(H,21,23)(H,19,20,22). The highest BCUT2D eigenvalue weighted by Gasteiger charge is 2.12. The fraction of sp³-hybridized carbons (Fsp3) is 0.389. The topological polar surface area (TPSA) is 76.1 Å². The van der Waals surface area contributed by atoms with Crippen LogP contribution in [-0.2, 0) is 0 Å². The van der Waals surface area contributed by atoms with Crippen LogP contribution in [0.5, 0.6) is 5.75 Å². The Labute approximate surface area is 142 Å². The summed E-state index contributed by atoms with van der Waals surface area (Å²) in [6, 6.07) is 8.92. The molecule has 0 saturated heterocycles. The highest BCUT2D eigenvalue weighted by molar-refractivity contribution is 6.03. The fourth-order valence-electron chi connectivity index (χ4n) is 1.98. The maximum absolute atomic E-state index is 12.5. The first-order valence-corrected chi connectivity index (χ1v) is 8.09. The molecule has 0 aliphatic carbocycles. The lowest BCUT2D eigenvalue weighted by Crippen LogP contribution is -2.17. The molecule has 0 spiro atoms.